The number of rotatable bonds is 3. The van der Waals surface area contributed by atoms with E-state index in [9.17, 15) is 0 Å². The average molecular weight is 258 g/mol. The highest BCUT2D eigenvalue weighted by molar-refractivity contribution is 6.31. The molecule has 1 heterocycles. The third-order valence-electron chi connectivity index (χ3n) is 2.59. The standard InChI is InChI=1S/C14H12ClN3/c1-18(10-11-5-3-2-4-6-11)14-8-7-12(15)13(9-16)17-14/h2-8H,10H2,1H3. The van der Waals surface area contributed by atoms with E-state index in [0.29, 0.717) is 5.02 Å². The molecule has 0 unspecified atom stereocenters. The van der Waals surface area contributed by atoms with Gasteiger partial charge >= 0.3 is 0 Å². The number of nitrogens with zero attached hydrogens (tertiary/aromatic N) is 3. The zero-order chi connectivity index (χ0) is 13.0. The van der Waals surface area contributed by atoms with Gasteiger partial charge in [-0.15, -0.1) is 0 Å². The summed E-state index contributed by atoms with van der Waals surface area (Å²) in [5, 5.41) is 9.28. The number of aromatic nitrogens is 1. The van der Waals surface area contributed by atoms with Gasteiger partial charge in [0.25, 0.3) is 0 Å². The van der Waals surface area contributed by atoms with Crippen LogP contribution in [0.3, 0.4) is 0 Å². The fourth-order valence-electron chi connectivity index (χ4n) is 1.66. The Morgan fingerprint density at radius 1 is 1.22 bits per heavy atom. The first kappa shape index (κ1) is 12.4. The lowest BCUT2D eigenvalue weighted by Gasteiger charge is -2.18. The second kappa shape index (κ2) is 5.52. The molecule has 0 aliphatic heterocycles. The molecule has 0 aliphatic rings. The van der Waals surface area contributed by atoms with Gasteiger partial charge in [-0.2, -0.15) is 5.26 Å². The van der Waals surface area contributed by atoms with E-state index < -0.39 is 0 Å². The number of anilines is 1. The van der Waals surface area contributed by atoms with Crippen molar-refractivity contribution in [2.75, 3.05) is 11.9 Å². The third kappa shape index (κ3) is 2.79. The molecule has 18 heavy (non-hydrogen) atoms. The van der Waals surface area contributed by atoms with Crippen LogP contribution in [0.1, 0.15) is 11.3 Å². The zero-order valence-corrected chi connectivity index (χ0v) is 10.7. The Hall–Kier alpha value is -2.05. The van der Waals surface area contributed by atoms with Gasteiger partial charge in [-0.1, -0.05) is 41.9 Å². The topological polar surface area (TPSA) is 39.9 Å². The number of nitriles is 1. The van der Waals surface area contributed by atoms with Crippen LogP contribution in [0, 0.1) is 11.3 Å². The van der Waals surface area contributed by atoms with Gasteiger partial charge in [-0.25, -0.2) is 4.98 Å². The maximum absolute atomic E-state index is 8.90. The monoisotopic (exact) mass is 257 g/mol. The van der Waals surface area contributed by atoms with Crippen molar-refractivity contribution in [2.45, 2.75) is 6.54 Å². The molecule has 1 aromatic carbocycles. The van der Waals surface area contributed by atoms with Crippen molar-refractivity contribution in [3.8, 4) is 6.07 Å². The SMILES string of the molecule is CN(Cc1ccccc1)c1ccc(Cl)c(C#N)n1. The highest BCUT2D eigenvalue weighted by Crippen LogP contribution is 2.19. The Kier molecular flexibility index (Phi) is 3.81. The molecule has 0 aliphatic carbocycles. The number of pyridine rings is 1. The number of halogens is 1. The predicted octanol–water partition coefficient (Wildman–Crippen LogP) is 3.24. The first-order valence-electron chi connectivity index (χ1n) is 5.52. The van der Waals surface area contributed by atoms with E-state index >= 15 is 0 Å². The highest BCUT2D eigenvalue weighted by Gasteiger charge is 2.07. The maximum atomic E-state index is 8.90. The lowest BCUT2D eigenvalue weighted by Crippen LogP contribution is -2.17. The first-order valence-corrected chi connectivity index (χ1v) is 5.90. The van der Waals surface area contributed by atoms with Gasteiger partial charge in [0.15, 0.2) is 5.69 Å². The van der Waals surface area contributed by atoms with Gasteiger partial charge in [0.2, 0.25) is 0 Å². The summed E-state index contributed by atoms with van der Waals surface area (Å²) in [4.78, 5) is 6.20. The molecule has 0 saturated carbocycles. The molecule has 0 bridgehead atoms. The molecule has 4 heteroatoms. The molecule has 0 spiro atoms. The number of benzene rings is 1. The quantitative estimate of drug-likeness (QED) is 0.847. The van der Waals surface area contributed by atoms with Crippen LogP contribution in [0.25, 0.3) is 0 Å². The fourth-order valence-corrected chi connectivity index (χ4v) is 1.81. The lowest BCUT2D eigenvalue weighted by atomic mass is 10.2. The van der Waals surface area contributed by atoms with Gasteiger partial charge in [0.05, 0.1) is 5.02 Å². The summed E-state index contributed by atoms with van der Waals surface area (Å²) in [6.45, 7) is 0.736. The summed E-state index contributed by atoms with van der Waals surface area (Å²) in [6, 6.07) is 15.6. The molecular weight excluding hydrogens is 246 g/mol. The van der Waals surface area contributed by atoms with E-state index in [2.05, 4.69) is 17.1 Å². The predicted molar refractivity (Wildman–Crippen MR) is 72.5 cm³/mol. The first-order chi connectivity index (χ1) is 8.70. The molecule has 0 saturated heterocycles. The molecule has 0 atom stereocenters. The Morgan fingerprint density at radius 2 is 1.94 bits per heavy atom. The molecule has 2 aromatic rings. The molecule has 3 nitrogen and oxygen atoms in total. The summed E-state index contributed by atoms with van der Waals surface area (Å²) in [7, 11) is 1.93. The Morgan fingerprint density at radius 3 is 2.61 bits per heavy atom. The molecule has 2 rings (SSSR count). The van der Waals surface area contributed by atoms with Crippen LogP contribution in [0.15, 0.2) is 42.5 Å². The molecule has 90 valence electrons. The normalized spacial score (nSPS) is 9.83. The van der Waals surface area contributed by atoms with Crippen molar-refractivity contribution in [1.29, 1.82) is 5.26 Å². The van der Waals surface area contributed by atoms with Crippen molar-refractivity contribution in [3.05, 3.63) is 58.7 Å². The Bertz CT molecular complexity index is 575. The molecule has 0 fully saturated rings. The van der Waals surface area contributed by atoms with Crippen LogP contribution in [0.5, 0.6) is 0 Å². The zero-order valence-electron chi connectivity index (χ0n) is 9.97. The molecule has 0 radical (unpaired) electrons. The van der Waals surface area contributed by atoms with Crippen molar-refractivity contribution in [1.82, 2.24) is 4.98 Å². The van der Waals surface area contributed by atoms with E-state index in [-0.39, 0.29) is 5.69 Å². The van der Waals surface area contributed by atoms with Crippen LogP contribution < -0.4 is 4.90 Å². The summed E-state index contributed by atoms with van der Waals surface area (Å²) in [5.41, 5.74) is 1.45. The van der Waals surface area contributed by atoms with E-state index in [1.54, 1.807) is 6.07 Å². The van der Waals surface area contributed by atoms with Gasteiger partial charge in [0, 0.05) is 13.6 Å². The van der Waals surface area contributed by atoms with Crippen LogP contribution >= 0.6 is 11.6 Å². The minimum Gasteiger partial charge on any atom is -0.355 e. The van der Waals surface area contributed by atoms with Crippen LogP contribution in [0.4, 0.5) is 5.82 Å². The minimum absolute atomic E-state index is 0.258. The largest absolute Gasteiger partial charge is 0.355 e. The van der Waals surface area contributed by atoms with Gasteiger partial charge in [0.1, 0.15) is 11.9 Å². The smallest absolute Gasteiger partial charge is 0.161 e. The van der Waals surface area contributed by atoms with E-state index in [1.165, 1.54) is 5.56 Å². The Labute approximate surface area is 111 Å². The van der Waals surface area contributed by atoms with Crippen molar-refractivity contribution < 1.29 is 0 Å². The third-order valence-corrected chi connectivity index (χ3v) is 2.90. The van der Waals surface area contributed by atoms with Gasteiger partial charge < -0.3 is 4.90 Å². The molecule has 1 aromatic heterocycles. The van der Waals surface area contributed by atoms with Crippen LogP contribution in [0.2, 0.25) is 5.02 Å². The van der Waals surface area contributed by atoms with Gasteiger partial charge in [-0.3, -0.25) is 0 Å². The average Bonchev–Trinajstić information content (AvgIpc) is 2.40. The molecule has 0 amide bonds. The number of hydrogen-bond donors (Lipinski definition) is 0. The summed E-state index contributed by atoms with van der Waals surface area (Å²) >= 11 is 5.86. The Balaban J connectivity index is 2.19. The maximum Gasteiger partial charge on any atom is 0.161 e. The van der Waals surface area contributed by atoms with Crippen molar-refractivity contribution in [3.63, 3.8) is 0 Å². The lowest BCUT2D eigenvalue weighted by molar-refractivity contribution is 0.896. The summed E-state index contributed by atoms with van der Waals surface area (Å²) in [5.74, 6) is 0.736. The van der Waals surface area contributed by atoms with E-state index in [0.717, 1.165) is 12.4 Å². The second-order valence-corrected chi connectivity index (χ2v) is 4.36. The van der Waals surface area contributed by atoms with E-state index in [4.69, 9.17) is 16.9 Å². The minimum atomic E-state index is 0.258. The summed E-state index contributed by atoms with van der Waals surface area (Å²) < 4.78 is 0. The molecule has 0 N–H and O–H groups in total. The summed E-state index contributed by atoms with van der Waals surface area (Å²) in [6.07, 6.45) is 0. The van der Waals surface area contributed by atoms with E-state index in [1.807, 2.05) is 42.3 Å². The number of hydrogen-bond acceptors (Lipinski definition) is 3. The second-order valence-electron chi connectivity index (χ2n) is 3.95. The molecular formula is C14H12ClN3. The van der Waals surface area contributed by atoms with Gasteiger partial charge in [-0.05, 0) is 17.7 Å². The van der Waals surface area contributed by atoms with Crippen molar-refractivity contribution in [2.24, 2.45) is 0 Å². The van der Waals surface area contributed by atoms with Crippen LogP contribution in [-0.4, -0.2) is 12.0 Å². The van der Waals surface area contributed by atoms with Crippen LogP contribution in [-0.2, 0) is 6.54 Å². The highest BCUT2D eigenvalue weighted by atomic mass is 35.5. The fraction of sp³-hybridized carbons (Fsp3) is 0.143. The van der Waals surface area contributed by atoms with Crippen molar-refractivity contribution >= 4 is 17.4 Å².